The van der Waals surface area contributed by atoms with E-state index in [4.69, 9.17) is 14.2 Å². The maximum Gasteiger partial charge on any atom is 0.294 e. The van der Waals surface area contributed by atoms with Crippen LogP contribution in [0.1, 0.15) is 37.2 Å². The smallest absolute Gasteiger partial charge is 0.294 e. The van der Waals surface area contributed by atoms with Crippen LogP contribution in [0, 0.1) is 0 Å². The fraction of sp³-hybridized carbons (Fsp3) is 0.423. The highest BCUT2D eigenvalue weighted by Crippen LogP contribution is 2.40. The summed E-state index contributed by atoms with van der Waals surface area (Å²) >= 11 is 0. The first-order valence-electron chi connectivity index (χ1n) is 11.5. The topological polar surface area (TPSA) is 82.7 Å². The highest BCUT2D eigenvalue weighted by atomic mass is 16.5. The van der Waals surface area contributed by atoms with Gasteiger partial charge < -0.3 is 24.6 Å². The second kappa shape index (κ2) is 10.3. The molecule has 2 aliphatic heterocycles. The van der Waals surface area contributed by atoms with Gasteiger partial charge in [0.05, 0.1) is 7.11 Å². The summed E-state index contributed by atoms with van der Waals surface area (Å²) in [6.45, 7) is 4.31. The van der Waals surface area contributed by atoms with Crippen LogP contribution in [0.4, 0.5) is 5.69 Å². The molecule has 2 fully saturated rings. The Hall–Kier alpha value is -3.03. The summed E-state index contributed by atoms with van der Waals surface area (Å²) in [5.74, 6) is 2.92. The van der Waals surface area contributed by atoms with Gasteiger partial charge >= 0.3 is 0 Å². The minimum atomic E-state index is -0.152. The molecule has 1 aliphatic carbocycles. The summed E-state index contributed by atoms with van der Waals surface area (Å²) in [6.07, 6.45) is 6.90. The third kappa shape index (κ3) is 5.31. The number of methoxy groups -OCH3 is 1. The van der Waals surface area contributed by atoms with Crippen molar-refractivity contribution in [3.05, 3.63) is 59.9 Å². The molecule has 7 heteroatoms. The molecule has 176 valence electrons. The van der Waals surface area contributed by atoms with E-state index in [-0.39, 0.29) is 11.4 Å². The summed E-state index contributed by atoms with van der Waals surface area (Å²) in [5.41, 5.74) is 2.11. The first-order valence-corrected chi connectivity index (χ1v) is 11.5. The molecular formula is C26H32N2O5. The molecule has 2 aromatic rings. The summed E-state index contributed by atoms with van der Waals surface area (Å²) in [4.78, 5) is 17.1. The van der Waals surface area contributed by atoms with Gasteiger partial charge in [-0.15, -0.1) is 0 Å². The normalized spacial score (nSPS) is 18.2. The van der Waals surface area contributed by atoms with Gasteiger partial charge in [-0.2, -0.15) is 0 Å². The molecule has 7 nitrogen and oxygen atoms in total. The van der Waals surface area contributed by atoms with E-state index in [9.17, 15) is 4.79 Å². The first-order chi connectivity index (χ1) is 15.7. The summed E-state index contributed by atoms with van der Waals surface area (Å²) < 4.78 is 17.4. The van der Waals surface area contributed by atoms with Gasteiger partial charge in [0.25, 0.3) is 5.91 Å². The number of nitrogens with zero attached hydrogens (tertiary/aromatic N) is 2. The van der Waals surface area contributed by atoms with Crippen molar-refractivity contribution >= 4 is 11.6 Å². The number of benzene rings is 2. The van der Waals surface area contributed by atoms with Gasteiger partial charge in [0.1, 0.15) is 12.4 Å². The van der Waals surface area contributed by atoms with Gasteiger partial charge in [0.15, 0.2) is 17.3 Å². The van der Waals surface area contributed by atoms with Crippen molar-refractivity contribution in [2.24, 2.45) is 0 Å². The van der Waals surface area contributed by atoms with Crippen LogP contribution in [-0.2, 0) is 4.79 Å². The molecule has 2 heterocycles. The SMILES string of the molecule is COc1cc(N2CC=C(Oc3ccc(C4CC4)cc3)C2=O)ccc1OCCN1CCCC1.O. The molecule has 0 aromatic heterocycles. The zero-order chi connectivity index (χ0) is 21.9. The third-order valence-electron chi connectivity index (χ3n) is 6.39. The molecule has 3 aliphatic rings. The number of ether oxygens (including phenoxy) is 3. The van der Waals surface area contributed by atoms with Crippen LogP contribution in [0.3, 0.4) is 0 Å². The number of amides is 1. The van der Waals surface area contributed by atoms with Crippen molar-refractivity contribution in [3.8, 4) is 17.2 Å². The quantitative estimate of drug-likeness (QED) is 0.581. The number of likely N-dealkylation sites (tertiary alicyclic amines) is 1. The molecule has 5 rings (SSSR count). The van der Waals surface area contributed by atoms with Crippen molar-refractivity contribution in [1.82, 2.24) is 4.90 Å². The summed E-state index contributed by atoms with van der Waals surface area (Å²) in [7, 11) is 1.62. The van der Waals surface area contributed by atoms with E-state index >= 15 is 0 Å². The average molecular weight is 453 g/mol. The lowest BCUT2D eigenvalue weighted by Gasteiger charge is -2.20. The summed E-state index contributed by atoms with van der Waals surface area (Å²) in [5, 5.41) is 0. The van der Waals surface area contributed by atoms with Crippen LogP contribution < -0.4 is 19.1 Å². The van der Waals surface area contributed by atoms with Crippen molar-refractivity contribution in [1.29, 1.82) is 0 Å². The molecule has 1 saturated heterocycles. The van der Waals surface area contributed by atoms with E-state index in [0.29, 0.717) is 42.1 Å². The van der Waals surface area contributed by atoms with E-state index in [1.807, 2.05) is 36.4 Å². The van der Waals surface area contributed by atoms with Crippen LogP contribution in [-0.4, -0.2) is 56.2 Å². The van der Waals surface area contributed by atoms with Crippen LogP contribution in [0.5, 0.6) is 17.2 Å². The molecular weight excluding hydrogens is 420 g/mol. The number of hydrogen-bond donors (Lipinski definition) is 0. The van der Waals surface area contributed by atoms with Gasteiger partial charge in [0.2, 0.25) is 0 Å². The van der Waals surface area contributed by atoms with Gasteiger partial charge in [-0.05, 0) is 80.6 Å². The standard InChI is InChI=1S/C26H30N2O4.H2O/c1-30-25-18-21(8-11-23(25)31-17-16-27-13-2-3-14-27)28-15-12-24(26(28)29)32-22-9-6-20(7-10-22)19-4-5-19;/h6-12,18-19H,2-5,13-17H2,1H3;1H2. The molecule has 0 radical (unpaired) electrons. The molecule has 0 spiro atoms. The first kappa shape index (κ1) is 23.1. The Labute approximate surface area is 194 Å². The lowest BCUT2D eigenvalue weighted by atomic mass is 10.1. The lowest BCUT2D eigenvalue weighted by Crippen LogP contribution is -2.27. The Morgan fingerprint density at radius 1 is 1.00 bits per heavy atom. The summed E-state index contributed by atoms with van der Waals surface area (Å²) in [6, 6.07) is 13.7. The Balaban J connectivity index is 0.00000259. The zero-order valence-corrected chi connectivity index (χ0v) is 19.1. The van der Waals surface area contributed by atoms with E-state index in [1.165, 1.54) is 31.2 Å². The predicted octanol–water partition coefficient (Wildman–Crippen LogP) is 3.53. The number of anilines is 1. The number of carbonyl (C=O) groups is 1. The molecule has 1 amide bonds. The Morgan fingerprint density at radius 2 is 1.76 bits per heavy atom. The van der Waals surface area contributed by atoms with Crippen LogP contribution in [0.2, 0.25) is 0 Å². The Kier molecular flexibility index (Phi) is 7.20. The third-order valence-corrected chi connectivity index (χ3v) is 6.39. The zero-order valence-electron chi connectivity index (χ0n) is 19.1. The Morgan fingerprint density at radius 3 is 2.45 bits per heavy atom. The molecule has 1 saturated carbocycles. The van der Waals surface area contributed by atoms with Gasteiger partial charge in [-0.3, -0.25) is 9.69 Å². The highest BCUT2D eigenvalue weighted by molar-refractivity contribution is 6.07. The monoisotopic (exact) mass is 452 g/mol. The van der Waals surface area contributed by atoms with Crippen LogP contribution >= 0.6 is 0 Å². The molecule has 2 aromatic carbocycles. The maximum atomic E-state index is 13.0. The number of rotatable bonds is 9. The molecule has 0 atom stereocenters. The van der Waals surface area contributed by atoms with Crippen molar-refractivity contribution in [2.45, 2.75) is 31.6 Å². The largest absolute Gasteiger partial charge is 0.493 e. The fourth-order valence-electron chi connectivity index (χ4n) is 4.37. The van der Waals surface area contributed by atoms with Gasteiger partial charge in [-0.25, -0.2) is 0 Å². The average Bonchev–Trinajstić information content (AvgIpc) is 3.43. The van der Waals surface area contributed by atoms with E-state index < -0.39 is 0 Å². The minimum absolute atomic E-state index is 0. The fourth-order valence-corrected chi connectivity index (χ4v) is 4.37. The Bertz CT molecular complexity index is 994. The maximum absolute atomic E-state index is 13.0. The van der Waals surface area contributed by atoms with Gasteiger partial charge in [-0.1, -0.05) is 12.1 Å². The van der Waals surface area contributed by atoms with Crippen LogP contribution in [0.15, 0.2) is 54.3 Å². The molecule has 33 heavy (non-hydrogen) atoms. The van der Waals surface area contributed by atoms with Crippen molar-refractivity contribution < 1.29 is 24.5 Å². The highest BCUT2D eigenvalue weighted by Gasteiger charge is 2.28. The van der Waals surface area contributed by atoms with Crippen molar-refractivity contribution in [3.63, 3.8) is 0 Å². The minimum Gasteiger partial charge on any atom is -0.493 e. The van der Waals surface area contributed by atoms with Crippen molar-refractivity contribution in [2.75, 3.05) is 44.8 Å². The number of hydrogen-bond acceptors (Lipinski definition) is 5. The predicted molar refractivity (Wildman–Crippen MR) is 127 cm³/mol. The van der Waals surface area contributed by atoms with E-state index in [0.717, 1.165) is 25.3 Å². The lowest BCUT2D eigenvalue weighted by molar-refractivity contribution is -0.116. The van der Waals surface area contributed by atoms with E-state index in [2.05, 4.69) is 17.0 Å². The second-order valence-electron chi connectivity index (χ2n) is 8.66. The molecule has 2 N–H and O–H groups in total. The number of carbonyl (C=O) groups excluding carboxylic acids is 1. The molecule has 0 unspecified atom stereocenters. The van der Waals surface area contributed by atoms with E-state index in [1.54, 1.807) is 12.0 Å². The van der Waals surface area contributed by atoms with Crippen LogP contribution in [0.25, 0.3) is 0 Å². The molecule has 0 bridgehead atoms. The van der Waals surface area contributed by atoms with Gasteiger partial charge in [0, 0.05) is 24.8 Å². The second-order valence-corrected chi connectivity index (χ2v) is 8.66.